The quantitative estimate of drug-likeness (QED) is 0.869. The Morgan fingerprint density at radius 3 is 2.88 bits per heavy atom. The number of nitrogens with two attached hydrogens (primary N) is 1. The first-order chi connectivity index (χ1) is 8.23. The molecule has 94 valence electrons. The van der Waals surface area contributed by atoms with Crippen LogP contribution >= 0.6 is 0 Å². The Hall–Kier alpha value is -1.06. The summed E-state index contributed by atoms with van der Waals surface area (Å²) in [5.74, 6) is 0.911. The van der Waals surface area contributed by atoms with Gasteiger partial charge >= 0.3 is 0 Å². The molecule has 0 saturated carbocycles. The molecule has 0 aliphatic carbocycles. The minimum absolute atomic E-state index is 0.00715. The lowest BCUT2D eigenvalue weighted by Gasteiger charge is -2.45. The fourth-order valence-electron chi connectivity index (χ4n) is 2.82. The Labute approximate surface area is 104 Å². The zero-order valence-corrected chi connectivity index (χ0v) is 10.8. The molecule has 1 atom stereocenters. The van der Waals surface area contributed by atoms with Crippen LogP contribution < -0.4 is 10.5 Å². The first-order valence-electron chi connectivity index (χ1n) is 6.29. The first-order valence-corrected chi connectivity index (χ1v) is 6.29. The zero-order valence-electron chi connectivity index (χ0n) is 10.8. The molecule has 1 unspecified atom stereocenters. The summed E-state index contributed by atoms with van der Waals surface area (Å²) in [5.41, 5.74) is 7.34. The largest absolute Gasteiger partial charge is 0.497 e. The molecule has 0 aromatic heterocycles. The molecular formula is C14H22N2O. The van der Waals surface area contributed by atoms with Crippen LogP contribution in [0.3, 0.4) is 0 Å². The molecule has 1 fully saturated rings. The first kappa shape index (κ1) is 12.4. The van der Waals surface area contributed by atoms with Gasteiger partial charge in [0, 0.05) is 6.54 Å². The molecule has 0 amide bonds. The Morgan fingerprint density at radius 2 is 2.24 bits per heavy atom. The molecule has 0 spiro atoms. The normalized spacial score (nSPS) is 25.8. The van der Waals surface area contributed by atoms with Crippen molar-refractivity contribution in [1.82, 2.24) is 4.90 Å². The van der Waals surface area contributed by atoms with Gasteiger partial charge in [-0.05, 0) is 50.6 Å². The third-order valence-electron chi connectivity index (χ3n) is 4.01. The highest BCUT2D eigenvalue weighted by Crippen LogP contribution is 2.36. The molecule has 17 heavy (non-hydrogen) atoms. The number of rotatable bonds is 3. The molecule has 1 saturated heterocycles. The number of hydrogen-bond acceptors (Lipinski definition) is 3. The number of likely N-dealkylation sites (N-methyl/N-ethyl adjacent to an activating group) is 1. The highest BCUT2D eigenvalue weighted by Gasteiger charge is 2.37. The van der Waals surface area contributed by atoms with Gasteiger partial charge in [0.2, 0.25) is 0 Å². The third-order valence-corrected chi connectivity index (χ3v) is 4.01. The van der Waals surface area contributed by atoms with Crippen LogP contribution in [0.5, 0.6) is 5.75 Å². The number of benzene rings is 1. The average Bonchev–Trinajstić information content (AvgIpc) is 2.40. The summed E-state index contributed by atoms with van der Waals surface area (Å²) in [6.07, 6.45) is 3.65. The molecule has 0 radical (unpaired) electrons. The number of hydrogen-bond donors (Lipinski definition) is 1. The lowest BCUT2D eigenvalue weighted by molar-refractivity contribution is 0.0782. The molecule has 2 rings (SSSR count). The maximum atomic E-state index is 6.07. The average molecular weight is 234 g/mol. The number of likely N-dealkylation sites (tertiary alicyclic amines) is 1. The van der Waals surface area contributed by atoms with E-state index in [2.05, 4.69) is 24.1 Å². The lowest BCUT2D eigenvalue weighted by Crippen LogP contribution is -2.52. The summed E-state index contributed by atoms with van der Waals surface area (Å²) in [5, 5.41) is 0. The monoisotopic (exact) mass is 234 g/mol. The van der Waals surface area contributed by atoms with Gasteiger partial charge in [0.25, 0.3) is 0 Å². The van der Waals surface area contributed by atoms with Crippen LogP contribution in [0.25, 0.3) is 0 Å². The van der Waals surface area contributed by atoms with Gasteiger partial charge in [-0.2, -0.15) is 0 Å². The Balaban J connectivity index is 2.38. The predicted molar refractivity (Wildman–Crippen MR) is 70.2 cm³/mol. The highest BCUT2D eigenvalue weighted by molar-refractivity contribution is 5.34. The fourth-order valence-corrected chi connectivity index (χ4v) is 2.82. The molecule has 0 bridgehead atoms. The SMILES string of the molecule is COc1cccc(C2(CN)CCCCN2C)c1. The molecule has 3 heteroatoms. The summed E-state index contributed by atoms with van der Waals surface area (Å²) < 4.78 is 5.31. The van der Waals surface area contributed by atoms with Crippen molar-refractivity contribution in [2.24, 2.45) is 5.73 Å². The minimum atomic E-state index is -0.00715. The number of ether oxygens (including phenoxy) is 1. The third kappa shape index (κ3) is 2.17. The Kier molecular flexibility index (Phi) is 3.69. The van der Waals surface area contributed by atoms with Gasteiger partial charge in [-0.3, -0.25) is 4.90 Å². The van der Waals surface area contributed by atoms with Crippen LogP contribution in [0.2, 0.25) is 0 Å². The Morgan fingerprint density at radius 1 is 1.41 bits per heavy atom. The van der Waals surface area contributed by atoms with E-state index >= 15 is 0 Å². The second kappa shape index (κ2) is 5.07. The van der Waals surface area contributed by atoms with Crippen molar-refractivity contribution in [2.75, 3.05) is 27.2 Å². The van der Waals surface area contributed by atoms with E-state index in [-0.39, 0.29) is 5.54 Å². The number of piperidine rings is 1. The maximum absolute atomic E-state index is 6.07. The minimum Gasteiger partial charge on any atom is -0.497 e. The van der Waals surface area contributed by atoms with Gasteiger partial charge in [0.15, 0.2) is 0 Å². The summed E-state index contributed by atoms with van der Waals surface area (Å²) in [7, 11) is 3.88. The molecule has 1 heterocycles. The van der Waals surface area contributed by atoms with E-state index in [4.69, 9.17) is 10.5 Å². The predicted octanol–water partition coefficient (Wildman–Crippen LogP) is 1.96. The van der Waals surface area contributed by atoms with Gasteiger partial charge in [-0.1, -0.05) is 12.1 Å². The molecule has 1 aliphatic heterocycles. The van der Waals surface area contributed by atoms with Crippen molar-refractivity contribution in [3.8, 4) is 5.75 Å². The molecule has 3 nitrogen and oxygen atoms in total. The smallest absolute Gasteiger partial charge is 0.119 e. The number of nitrogens with zero attached hydrogens (tertiary/aromatic N) is 1. The summed E-state index contributed by atoms with van der Waals surface area (Å²) >= 11 is 0. The van der Waals surface area contributed by atoms with Crippen molar-refractivity contribution in [2.45, 2.75) is 24.8 Å². The summed E-state index contributed by atoms with van der Waals surface area (Å²) in [4.78, 5) is 2.39. The highest BCUT2D eigenvalue weighted by atomic mass is 16.5. The fraction of sp³-hybridized carbons (Fsp3) is 0.571. The van der Waals surface area contributed by atoms with E-state index in [1.807, 2.05) is 12.1 Å². The van der Waals surface area contributed by atoms with E-state index < -0.39 is 0 Å². The van der Waals surface area contributed by atoms with E-state index in [0.29, 0.717) is 6.54 Å². The molecule has 2 N–H and O–H groups in total. The summed E-state index contributed by atoms with van der Waals surface area (Å²) in [6, 6.07) is 8.32. The van der Waals surface area contributed by atoms with Crippen LogP contribution in [0, 0.1) is 0 Å². The van der Waals surface area contributed by atoms with E-state index in [0.717, 1.165) is 18.7 Å². The van der Waals surface area contributed by atoms with Gasteiger partial charge in [0.1, 0.15) is 5.75 Å². The molecule has 1 aromatic rings. The van der Waals surface area contributed by atoms with Crippen LogP contribution in [0.1, 0.15) is 24.8 Å². The van der Waals surface area contributed by atoms with Gasteiger partial charge in [0.05, 0.1) is 12.6 Å². The molecule has 1 aromatic carbocycles. The Bertz CT molecular complexity index is 380. The maximum Gasteiger partial charge on any atom is 0.119 e. The van der Waals surface area contributed by atoms with E-state index in [1.165, 1.54) is 18.4 Å². The standard InChI is InChI=1S/C14H22N2O/c1-16-9-4-3-8-14(16,11-15)12-6-5-7-13(10-12)17-2/h5-7,10H,3-4,8-9,11,15H2,1-2H3. The van der Waals surface area contributed by atoms with Crippen LogP contribution in [-0.4, -0.2) is 32.1 Å². The number of methoxy groups -OCH3 is 1. The van der Waals surface area contributed by atoms with Gasteiger partial charge < -0.3 is 10.5 Å². The summed E-state index contributed by atoms with van der Waals surface area (Å²) in [6.45, 7) is 1.78. The second-order valence-electron chi connectivity index (χ2n) is 4.85. The van der Waals surface area contributed by atoms with Crippen molar-refractivity contribution in [3.63, 3.8) is 0 Å². The van der Waals surface area contributed by atoms with Crippen LogP contribution in [-0.2, 0) is 5.54 Å². The van der Waals surface area contributed by atoms with Gasteiger partial charge in [-0.25, -0.2) is 0 Å². The van der Waals surface area contributed by atoms with Crippen LogP contribution in [0.15, 0.2) is 24.3 Å². The van der Waals surface area contributed by atoms with Crippen LogP contribution in [0.4, 0.5) is 0 Å². The molecular weight excluding hydrogens is 212 g/mol. The van der Waals surface area contributed by atoms with Gasteiger partial charge in [-0.15, -0.1) is 0 Å². The topological polar surface area (TPSA) is 38.5 Å². The second-order valence-corrected chi connectivity index (χ2v) is 4.85. The molecule has 1 aliphatic rings. The van der Waals surface area contributed by atoms with Crippen molar-refractivity contribution >= 4 is 0 Å². The van der Waals surface area contributed by atoms with E-state index in [1.54, 1.807) is 7.11 Å². The van der Waals surface area contributed by atoms with Crippen molar-refractivity contribution in [1.29, 1.82) is 0 Å². The van der Waals surface area contributed by atoms with Crippen molar-refractivity contribution < 1.29 is 4.74 Å². The zero-order chi connectivity index (χ0) is 12.3. The lowest BCUT2D eigenvalue weighted by atomic mass is 9.80. The van der Waals surface area contributed by atoms with Crippen molar-refractivity contribution in [3.05, 3.63) is 29.8 Å². The van der Waals surface area contributed by atoms with E-state index in [9.17, 15) is 0 Å².